The predicted molar refractivity (Wildman–Crippen MR) is 62.2 cm³/mol. The van der Waals surface area contributed by atoms with Crippen LogP contribution in [0.3, 0.4) is 0 Å². The van der Waals surface area contributed by atoms with E-state index in [1.807, 2.05) is 6.07 Å². The molecule has 0 aliphatic carbocycles. The smallest absolute Gasteiger partial charge is 0.227 e. The molecule has 17 heavy (non-hydrogen) atoms. The molecule has 1 fully saturated rings. The van der Waals surface area contributed by atoms with Crippen LogP contribution >= 0.6 is 0 Å². The van der Waals surface area contributed by atoms with E-state index in [0.29, 0.717) is 24.3 Å². The number of nitrogens with one attached hydrogen (secondary N) is 2. The van der Waals surface area contributed by atoms with E-state index in [2.05, 4.69) is 10.6 Å². The highest BCUT2D eigenvalue weighted by Gasteiger charge is 2.36. The van der Waals surface area contributed by atoms with Crippen molar-refractivity contribution in [3.8, 4) is 6.07 Å². The molecule has 5 heteroatoms. The highest BCUT2D eigenvalue weighted by atomic mass is 16.3. The van der Waals surface area contributed by atoms with Crippen LogP contribution in [0.2, 0.25) is 0 Å². The molecule has 88 valence electrons. The van der Waals surface area contributed by atoms with E-state index < -0.39 is 5.60 Å². The zero-order valence-electron chi connectivity index (χ0n) is 9.23. The molecule has 3 N–H and O–H groups in total. The van der Waals surface area contributed by atoms with Crippen LogP contribution in [0.5, 0.6) is 0 Å². The second-order valence-corrected chi connectivity index (χ2v) is 4.21. The summed E-state index contributed by atoms with van der Waals surface area (Å²) in [5.74, 6) is -0.281. The van der Waals surface area contributed by atoms with Gasteiger partial charge in [-0.25, -0.2) is 0 Å². The van der Waals surface area contributed by atoms with Gasteiger partial charge >= 0.3 is 0 Å². The third-order valence-corrected chi connectivity index (χ3v) is 2.72. The summed E-state index contributed by atoms with van der Waals surface area (Å²) in [6.07, 6.45) is 0.0414. The summed E-state index contributed by atoms with van der Waals surface area (Å²) in [6, 6.07) is 8.78. The first-order valence-electron chi connectivity index (χ1n) is 5.35. The van der Waals surface area contributed by atoms with Crippen molar-refractivity contribution in [2.75, 3.05) is 18.4 Å². The van der Waals surface area contributed by atoms with Gasteiger partial charge < -0.3 is 15.7 Å². The van der Waals surface area contributed by atoms with E-state index in [-0.39, 0.29) is 12.3 Å². The average Bonchev–Trinajstić information content (AvgIpc) is 2.27. The number of carbonyl (C=O) groups excluding carboxylic acids is 1. The number of β-amino-alcohol motifs (C(OH)–C–C–N with tert-alkyl or cyclic N) is 1. The summed E-state index contributed by atoms with van der Waals surface area (Å²) in [7, 11) is 0. The zero-order chi connectivity index (χ0) is 12.3. The van der Waals surface area contributed by atoms with E-state index in [0.717, 1.165) is 0 Å². The number of benzene rings is 1. The van der Waals surface area contributed by atoms with Gasteiger partial charge in [-0.05, 0) is 12.1 Å². The maximum absolute atomic E-state index is 11.7. The van der Waals surface area contributed by atoms with Gasteiger partial charge in [-0.1, -0.05) is 12.1 Å². The number of carbonyl (C=O) groups is 1. The second-order valence-electron chi connectivity index (χ2n) is 4.21. The fourth-order valence-corrected chi connectivity index (χ4v) is 1.72. The van der Waals surface area contributed by atoms with Crippen LogP contribution in [0.15, 0.2) is 24.3 Å². The third-order valence-electron chi connectivity index (χ3n) is 2.72. The first-order valence-corrected chi connectivity index (χ1v) is 5.35. The van der Waals surface area contributed by atoms with Crippen LogP contribution in [0.4, 0.5) is 5.69 Å². The first-order chi connectivity index (χ1) is 8.13. The minimum atomic E-state index is -0.939. The number of para-hydroxylation sites is 1. The van der Waals surface area contributed by atoms with Crippen LogP contribution in [0.25, 0.3) is 0 Å². The molecule has 0 bridgehead atoms. The Kier molecular flexibility index (Phi) is 3.09. The van der Waals surface area contributed by atoms with Gasteiger partial charge in [0.05, 0.1) is 23.3 Å². The molecule has 1 aromatic rings. The fourth-order valence-electron chi connectivity index (χ4n) is 1.72. The maximum Gasteiger partial charge on any atom is 0.227 e. The van der Waals surface area contributed by atoms with Gasteiger partial charge in [-0.15, -0.1) is 0 Å². The van der Waals surface area contributed by atoms with Crippen molar-refractivity contribution < 1.29 is 9.90 Å². The standard InChI is InChI=1S/C12H13N3O2/c13-6-9-3-1-2-4-10(9)15-11(16)5-12(17)7-14-8-12/h1-4,14,17H,5,7-8H2,(H,15,16). The van der Waals surface area contributed by atoms with Crippen molar-refractivity contribution in [1.82, 2.24) is 5.32 Å². The topological polar surface area (TPSA) is 85.2 Å². The monoisotopic (exact) mass is 231 g/mol. The lowest BCUT2D eigenvalue weighted by molar-refractivity contribution is -0.123. The number of hydrogen-bond donors (Lipinski definition) is 3. The van der Waals surface area contributed by atoms with E-state index in [9.17, 15) is 9.90 Å². The molecule has 1 saturated heterocycles. The number of nitrogens with zero attached hydrogens (tertiary/aromatic N) is 1. The largest absolute Gasteiger partial charge is 0.387 e. The molecule has 0 unspecified atom stereocenters. The minimum Gasteiger partial charge on any atom is -0.387 e. The molecule has 0 radical (unpaired) electrons. The number of rotatable bonds is 3. The molecule has 0 aromatic heterocycles. The average molecular weight is 231 g/mol. The van der Waals surface area contributed by atoms with Gasteiger partial charge in [0, 0.05) is 13.1 Å². The van der Waals surface area contributed by atoms with E-state index >= 15 is 0 Å². The van der Waals surface area contributed by atoms with Crippen LogP contribution in [0, 0.1) is 11.3 Å². The molecule has 1 aliphatic heterocycles. The summed E-state index contributed by atoms with van der Waals surface area (Å²) in [6.45, 7) is 0.862. The summed E-state index contributed by atoms with van der Waals surface area (Å²) < 4.78 is 0. The number of aliphatic hydroxyl groups is 1. The van der Waals surface area contributed by atoms with Crippen LogP contribution < -0.4 is 10.6 Å². The van der Waals surface area contributed by atoms with Crippen molar-refractivity contribution in [1.29, 1.82) is 5.26 Å². The normalized spacial score (nSPS) is 16.7. The lowest BCUT2D eigenvalue weighted by Gasteiger charge is -2.36. The number of hydrogen-bond acceptors (Lipinski definition) is 4. The molecule has 0 atom stereocenters. The molecule has 1 amide bonds. The molecule has 1 aromatic carbocycles. The molecule has 0 saturated carbocycles. The van der Waals surface area contributed by atoms with Crippen LogP contribution in [0.1, 0.15) is 12.0 Å². The highest BCUT2D eigenvalue weighted by Crippen LogP contribution is 2.18. The van der Waals surface area contributed by atoms with Crippen molar-refractivity contribution in [3.05, 3.63) is 29.8 Å². The van der Waals surface area contributed by atoms with Crippen molar-refractivity contribution in [3.63, 3.8) is 0 Å². The summed E-state index contributed by atoms with van der Waals surface area (Å²) in [5, 5.41) is 24.2. The molecule has 5 nitrogen and oxygen atoms in total. The van der Waals surface area contributed by atoms with Crippen LogP contribution in [-0.4, -0.2) is 29.7 Å². The van der Waals surface area contributed by atoms with Gasteiger partial charge in [-0.2, -0.15) is 5.26 Å². The van der Waals surface area contributed by atoms with Gasteiger partial charge in [-0.3, -0.25) is 4.79 Å². The third kappa shape index (κ3) is 2.61. The van der Waals surface area contributed by atoms with E-state index in [1.165, 1.54) is 0 Å². The van der Waals surface area contributed by atoms with E-state index in [1.54, 1.807) is 24.3 Å². The van der Waals surface area contributed by atoms with Gasteiger partial charge in [0.2, 0.25) is 5.91 Å². The Morgan fingerprint density at radius 2 is 2.24 bits per heavy atom. The van der Waals surface area contributed by atoms with Gasteiger partial charge in [0.15, 0.2) is 0 Å². The Labute approximate surface area is 99.1 Å². The highest BCUT2D eigenvalue weighted by molar-refractivity contribution is 5.92. The van der Waals surface area contributed by atoms with Gasteiger partial charge in [0.1, 0.15) is 6.07 Å². The minimum absolute atomic E-state index is 0.0414. The van der Waals surface area contributed by atoms with Crippen molar-refractivity contribution in [2.45, 2.75) is 12.0 Å². The first kappa shape index (κ1) is 11.6. The number of amides is 1. The van der Waals surface area contributed by atoms with Crippen LogP contribution in [-0.2, 0) is 4.79 Å². The predicted octanol–water partition coefficient (Wildman–Crippen LogP) is 0.221. The molecular weight excluding hydrogens is 218 g/mol. The Hall–Kier alpha value is -1.90. The Bertz CT molecular complexity index is 475. The number of nitriles is 1. The van der Waals surface area contributed by atoms with E-state index in [4.69, 9.17) is 5.26 Å². The lowest BCUT2D eigenvalue weighted by atomic mass is 9.93. The SMILES string of the molecule is N#Cc1ccccc1NC(=O)CC1(O)CNC1. The Balaban J connectivity index is 2.01. The molecule has 0 spiro atoms. The summed E-state index contributed by atoms with van der Waals surface area (Å²) >= 11 is 0. The Morgan fingerprint density at radius 1 is 1.53 bits per heavy atom. The zero-order valence-corrected chi connectivity index (χ0v) is 9.23. The van der Waals surface area contributed by atoms with Crippen molar-refractivity contribution >= 4 is 11.6 Å². The van der Waals surface area contributed by atoms with Gasteiger partial charge in [0.25, 0.3) is 0 Å². The summed E-state index contributed by atoms with van der Waals surface area (Å²) in [4.78, 5) is 11.7. The molecular formula is C12H13N3O2. The molecule has 2 rings (SSSR count). The Morgan fingerprint density at radius 3 is 2.82 bits per heavy atom. The lowest BCUT2D eigenvalue weighted by Crippen LogP contribution is -2.60. The molecule has 1 heterocycles. The quantitative estimate of drug-likeness (QED) is 0.694. The fraction of sp³-hybridized carbons (Fsp3) is 0.333. The molecule has 1 aliphatic rings. The number of anilines is 1. The van der Waals surface area contributed by atoms with Crippen molar-refractivity contribution in [2.24, 2.45) is 0 Å². The second kappa shape index (κ2) is 4.53. The summed E-state index contributed by atoms with van der Waals surface area (Å²) in [5.41, 5.74) is -0.0402. The maximum atomic E-state index is 11.7.